The molecule has 2 aliphatic heterocycles. The number of cyclic esters (lactones) is 1. The third kappa shape index (κ3) is 4.51. The number of ether oxygens (including phenoxy) is 1. The highest BCUT2D eigenvalue weighted by molar-refractivity contribution is 7.15. The first-order chi connectivity index (χ1) is 14.3. The van der Waals surface area contributed by atoms with Gasteiger partial charge in [0.25, 0.3) is 0 Å². The summed E-state index contributed by atoms with van der Waals surface area (Å²) in [5, 5.41) is 0.959. The van der Waals surface area contributed by atoms with Gasteiger partial charge in [-0.3, -0.25) is 4.79 Å². The molecule has 6 nitrogen and oxygen atoms in total. The Kier molecular flexibility index (Phi) is 5.82. The van der Waals surface area contributed by atoms with E-state index in [1.165, 1.54) is 0 Å². The van der Waals surface area contributed by atoms with E-state index in [0.29, 0.717) is 32.7 Å². The molecular weight excluding hydrogens is 398 g/mol. The molecular formula is C23H29N3O3S. The van der Waals surface area contributed by atoms with Crippen LogP contribution in [0, 0.1) is 12.3 Å². The van der Waals surface area contributed by atoms with Crippen LogP contribution in [0.25, 0.3) is 10.6 Å². The number of piperidine rings is 1. The predicted octanol–water partition coefficient (Wildman–Crippen LogP) is 4.13. The van der Waals surface area contributed by atoms with Crippen LogP contribution in [0.2, 0.25) is 0 Å². The quantitative estimate of drug-likeness (QED) is 0.736. The van der Waals surface area contributed by atoms with Crippen LogP contribution in [-0.4, -0.2) is 59.1 Å². The fraction of sp³-hybridized carbons (Fsp3) is 0.522. The average molecular weight is 428 g/mol. The number of hydrogen-bond donors (Lipinski definition) is 0. The molecule has 0 atom stereocenters. The minimum absolute atomic E-state index is 0.0283. The topological polar surface area (TPSA) is 62.7 Å². The minimum Gasteiger partial charge on any atom is -0.449 e. The van der Waals surface area contributed by atoms with Crippen LogP contribution in [0.15, 0.2) is 30.3 Å². The number of aromatic nitrogens is 1. The maximum Gasteiger partial charge on any atom is 0.410 e. The number of carbonyl (C=O) groups is 2. The van der Waals surface area contributed by atoms with Gasteiger partial charge in [0.05, 0.1) is 18.7 Å². The van der Waals surface area contributed by atoms with E-state index in [1.54, 1.807) is 11.3 Å². The molecule has 0 unspecified atom stereocenters. The second-order valence-corrected chi connectivity index (χ2v) is 10.2. The van der Waals surface area contributed by atoms with Crippen molar-refractivity contribution in [1.82, 2.24) is 14.8 Å². The molecule has 0 aliphatic carbocycles. The number of hydrogen-bond acceptors (Lipinski definition) is 5. The molecule has 4 rings (SSSR count). The van der Waals surface area contributed by atoms with Crippen molar-refractivity contribution in [1.29, 1.82) is 0 Å². The standard InChI is InChI=1S/C23H29N3O3S/c1-16-19(24-21(30-16)17-7-5-4-6-8-17)13-20(27)25-11-9-18(10-12-25)26-14-23(2,3)15-29-22(26)28/h4-8,18H,9-15H2,1-3H3. The predicted molar refractivity (Wildman–Crippen MR) is 117 cm³/mol. The van der Waals surface area contributed by atoms with Crippen molar-refractivity contribution in [2.24, 2.45) is 5.41 Å². The van der Waals surface area contributed by atoms with E-state index in [2.05, 4.69) is 13.8 Å². The third-order valence-corrected chi connectivity index (χ3v) is 6.97. The fourth-order valence-electron chi connectivity index (χ4n) is 4.17. The molecule has 2 aromatic rings. The largest absolute Gasteiger partial charge is 0.449 e. The number of nitrogens with zero attached hydrogens (tertiary/aromatic N) is 3. The van der Waals surface area contributed by atoms with E-state index in [-0.39, 0.29) is 23.5 Å². The first-order valence-corrected chi connectivity index (χ1v) is 11.4. The van der Waals surface area contributed by atoms with Gasteiger partial charge in [0.1, 0.15) is 5.01 Å². The monoisotopic (exact) mass is 427 g/mol. The van der Waals surface area contributed by atoms with Crippen LogP contribution in [0.3, 0.4) is 0 Å². The van der Waals surface area contributed by atoms with Crippen molar-refractivity contribution < 1.29 is 14.3 Å². The van der Waals surface area contributed by atoms with E-state index in [1.807, 2.05) is 47.1 Å². The Hall–Kier alpha value is -2.41. The lowest BCUT2D eigenvalue weighted by molar-refractivity contribution is -0.132. The Morgan fingerprint density at radius 3 is 2.63 bits per heavy atom. The van der Waals surface area contributed by atoms with E-state index in [0.717, 1.165) is 34.0 Å². The number of benzene rings is 1. The second-order valence-electron chi connectivity index (χ2n) is 9.02. The second kappa shape index (κ2) is 8.38. The molecule has 2 aliphatic rings. The van der Waals surface area contributed by atoms with Crippen LogP contribution < -0.4 is 0 Å². The van der Waals surface area contributed by atoms with Gasteiger partial charge in [0.2, 0.25) is 5.91 Å². The van der Waals surface area contributed by atoms with Crippen molar-refractivity contribution >= 4 is 23.3 Å². The number of rotatable bonds is 4. The molecule has 0 bridgehead atoms. The van der Waals surface area contributed by atoms with Crippen molar-refractivity contribution in [2.45, 2.75) is 46.1 Å². The maximum absolute atomic E-state index is 12.9. The summed E-state index contributed by atoms with van der Waals surface area (Å²) in [6.07, 6.45) is 1.70. The summed E-state index contributed by atoms with van der Waals surface area (Å²) in [4.78, 5) is 34.7. The smallest absolute Gasteiger partial charge is 0.410 e. The number of aryl methyl sites for hydroxylation is 1. The number of likely N-dealkylation sites (tertiary alicyclic amines) is 1. The molecule has 2 amide bonds. The van der Waals surface area contributed by atoms with Gasteiger partial charge < -0.3 is 14.5 Å². The minimum atomic E-state index is -0.217. The van der Waals surface area contributed by atoms with E-state index < -0.39 is 0 Å². The zero-order valence-corrected chi connectivity index (χ0v) is 18.7. The maximum atomic E-state index is 12.9. The molecule has 160 valence electrons. The fourth-order valence-corrected chi connectivity index (χ4v) is 5.10. The molecule has 1 aromatic heterocycles. The lowest BCUT2D eigenvalue weighted by Crippen LogP contribution is -2.55. The lowest BCUT2D eigenvalue weighted by Gasteiger charge is -2.44. The Bertz CT molecular complexity index is 917. The van der Waals surface area contributed by atoms with Gasteiger partial charge in [-0.2, -0.15) is 0 Å². The first-order valence-electron chi connectivity index (χ1n) is 10.6. The summed E-state index contributed by atoms with van der Waals surface area (Å²) in [5.41, 5.74) is 1.92. The van der Waals surface area contributed by atoms with Crippen LogP contribution >= 0.6 is 11.3 Å². The average Bonchev–Trinajstić information content (AvgIpc) is 3.11. The van der Waals surface area contributed by atoms with Gasteiger partial charge in [0, 0.05) is 41.5 Å². The summed E-state index contributed by atoms with van der Waals surface area (Å²) < 4.78 is 5.36. The Morgan fingerprint density at radius 1 is 1.23 bits per heavy atom. The zero-order valence-electron chi connectivity index (χ0n) is 17.9. The number of amides is 2. The molecule has 7 heteroatoms. The van der Waals surface area contributed by atoms with E-state index in [9.17, 15) is 9.59 Å². The molecule has 1 aromatic carbocycles. The molecule has 2 fully saturated rings. The van der Waals surface area contributed by atoms with Crippen molar-refractivity contribution in [3.8, 4) is 10.6 Å². The SMILES string of the molecule is Cc1sc(-c2ccccc2)nc1CC(=O)N1CCC(N2CC(C)(C)COC2=O)CC1. The van der Waals surface area contributed by atoms with Gasteiger partial charge in [-0.25, -0.2) is 9.78 Å². The number of thiazole rings is 1. The summed E-state index contributed by atoms with van der Waals surface area (Å²) in [5.74, 6) is 0.114. The summed E-state index contributed by atoms with van der Waals surface area (Å²) in [7, 11) is 0. The van der Waals surface area contributed by atoms with Gasteiger partial charge >= 0.3 is 6.09 Å². The van der Waals surface area contributed by atoms with Crippen LogP contribution in [-0.2, 0) is 16.0 Å². The highest BCUT2D eigenvalue weighted by Gasteiger charge is 2.38. The van der Waals surface area contributed by atoms with Crippen LogP contribution in [0.5, 0.6) is 0 Å². The Morgan fingerprint density at radius 2 is 1.93 bits per heavy atom. The van der Waals surface area contributed by atoms with E-state index in [4.69, 9.17) is 9.72 Å². The van der Waals surface area contributed by atoms with Gasteiger partial charge in [-0.1, -0.05) is 44.2 Å². The molecule has 0 spiro atoms. The Balaban J connectivity index is 1.35. The van der Waals surface area contributed by atoms with Crippen molar-refractivity contribution in [3.05, 3.63) is 40.9 Å². The highest BCUT2D eigenvalue weighted by Crippen LogP contribution is 2.30. The van der Waals surface area contributed by atoms with Gasteiger partial charge in [-0.15, -0.1) is 11.3 Å². The molecule has 0 N–H and O–H groups in total. The summed E-state index contributed by atoms with van der Waals surface area (Å²) in [6.45, 7) is 8.78. The molecule has 2 saturated heterocycles. The van der Waals surface area contributed by atoms with Gasteiger partial charge in [-0.05, 0) is 19.8 Å². The highest BCUT2D eigenvalue weighted by atomic mass is 32.1. The Labute approximate surface area is 181 Å². The van der Waals surface area contributed by atoms with Crippen molar-refractivity contribution in [2.75, 3.05) is 26.2 Å². The van der Waals surface area contributed by atoms with Gasteiger partial charge in [0.15, 0.2) is 0 Å². The lowest BCUT2D eigenvalue weighted by atomic mass is 9.91. The summed E-state index contributed by atoms with van der Waals surface area (Å²) >= 11 is 1.64. The zero-order chi connectivity index (χ0) is 21.3. The third-order valence-electron chi connectivity index (χ3n) is 5.91. The molecule has 30 heavy (non-hydrogen) atoms. The van der Waals surface area contributed by atoms with Crippen molar-refractivity contribution in [3.63, 3.8) is 0 Å². The normalized spacial score (nSPS) is 19.6. The summed E-state index contributed by atoms with van der Waals surface area (Å²) in [6, 6.07) is 10.2. The van der Waals surface area contributed by atoms with E-state index >= 15 is 0 Å². The molecule has 3 heterocycles. The van der Waals surface area contributed by atoms with Crippen LogP contribution in [0.1, 0.15) is 37.3 Å². The number of carbonyl (C=O) groups excluding carboxylic acids is 2. The van der Waals surface area contributed by atoms with Crippen LogP contribution in [0.4, 0.5) is 4.79 Å². The molecule has 0 saturated carbocycles. The first kappa shape index (κ1) is 20.8. The molecule has 0 radical (unpaired) electrons.